The number of pyridine rings is 1. The molecule has 10 nitrogen and oxygen atoms in total. The van der Waals surface area contributed by atoms with E-state index in [0.717, 1.165) is 34.5 Å². The zero-order valence-electron chi connectivity index (χ0n) is 14.2. The molecule has 0 saturated carbocycles. The molecule has 3 aromatic rings. The fraction of sp³-hybridized carbons (Fsp3) is 0.400. The lowest BCUT2D eigenvalue weighted by Gasteiger charge is -2.39. The second kappa shape index (κ2) is 7.48. The van der Waals surface area contributed by atoms with Crippen molar-refractivity contribution in [1.29, 1.82) is 0 Å². The van der Waals surface area contributed by atoms with E-state index in [4.69, 9.17) is 10.2 Å². The van der Waals surface area contributed by atoms with Gasteiger partial charge in [-0.15, -0.1) is 10.2 Å². The van der Waals surface area contributed by atoms with Gasteiger partial charge in [-0.2, -0.15) is 0 Å². The molecule has 0 spiro atoms. The van der Waals surface area contributed by atoms with E-state index < -0.39 is 12.1 Å². The standard InChI is InChI=1S/C12H12BrN7.C3H6O3/c1-14-8-4-19(5-8)11-12-18-16-6-20(12)9-2-7(13)3-15-10(9)17-11;1-2(4)3(5)6/h2-3,6,8,14H,4-5H2,1H3;2,4H,1H3,(H,5,6)/t;2-/m.0/s1. The van der Waals surface area contributed by atoms with Crippen molar-refractivity contribution in [1.82, 2.24) is 29.9 Å². The third-order valence-electron chi connectivity index (χ3n) is 3.98. The van der Waals surface area contributed by atoms with Crippen molar-refractivity contribution in [3.05, 3.63) is 23.1 Å². The minimum absolute atomic E-state index is 0.508. The SMILES string of the molecule is CNC1CN(c2nc3ncc(Br)cc3n3cnnc23)C1.C[C@H](O)C(=O)O. The van der Waals surface area contributed by atoms with Gasteiger partial charge in [-0.25, -0.2) is 14.8 Å². The number of hydrogen-bond donors (Lipinski definition) is 3. The highest BCUT2D eigenvalue weighted by atomic mass is 79.9. The predicted octanol–water partition coefficient (Wildman–Crippen LogP) is 0.295. The zero-order chi connectivity index (χ0) is 18.8. The van der Waals surface area contributed by atoms with Crippen LogP contribution < -0.4 is 10.2 Å². The largest absolute Gasteiger partial charge is 0.479 e. The fourth-order valence-electron chi connectivity index (χ4n) is 2.45. The number of aliphatic carboxylic acids is 1. The second-order valence-electron chi connectivity index (χ2n) is 5.86. The highest BCUT2D eigenvalue weighted by Crippen LogP contribution is 2.26. The lowest BCUT2D eigenvalue weighted by molar-refractivity contribution is -0.145. The van der Waals surface area contributed by atoms with Crippen LogP contribution in [0.25, 0.3) is 16.8 Å². The van der Waals surface area contributed by atoms with E-state index in [0.29, 0.717) is 11.7 Å². The summed E-state index contributed by atoms with van der Waals surface area (Å²) in [4.78, 5) is 20.7. The van der Waals surface area contributed by atoms with Crippen LogP contribution in [0.2, 0.25) is 0 Å². The van der Waals surface area contributed by atoms with E-state index in [1.165, 1.54) is 6.92 Å². The maximum atomic E-state index is 9.45. The number of nitrogens with zero attached hydrogens (tertiary/aromatic N) is 6. The van der Waals surface area contributed by atoms with Crippen LogP contribution >= 0.6 is 15.9 Å². The number of aromatic nitrogens is 5. The molecule has 1 aliphatic rings. The van der Waals surface area contributed by atoms with Gasteiger partial charge < -0.3 is 20.4 Å². The van der Waals surface area contributed by atoms with Crippen LogP contribution in [0.3, 0.4) is 0 Å². The molecule has 0 unspecified atom stereocenters. The van der Waals surface area contributed by atoms with E-state index >= 15 is 0 Å². The summed E-state index contributed by atoms with van der Waals surface area (Å²) in [6, 6.07) is 2.48. The number of halogens is 1. The van der Waals surface area contributed by atoms with Gasteiger partial charge in [-0.3, -0.25) is 4.40 Å². The molecule has 3 N–H and O–H groups in total. The minimum Gasteiger partial charge on any atom is -0.479 e. The first kappa shape index (κ1) is 18.4. The summed E-state index contributed by atoms with van der Waals surface area (Å²) in [6.45, 7) is 3.05. The number of nitrogens with one attached hydrogen (secondary N) is 1. The van der Waals surface area contributed by atoms with Crippen molar-refractivity contribution in [2.24, 2.45) is 0 Å². The maximum absolute atomic E-state index is 9.45. The first-order valence-electron chi connectivity index (χ1n) is 7.88. The topological polar surface area (TPSA) is 129 Å². The molecule has 11 heteroatoms. The fourth-order valence-corrected chi connectivity index (χ4v) is 2.76. The van der Waals surface area contributed by atoms with Crippen LogP contribution in [-0.4, -0.2) is 73.0 Å². The lowest BCUT2D eigenvalue weighted by Crippen LogP contribution is -2.57. The first-order chi connectivity index (χ1) is 12.4. The van der Waals surface area contributed by atoms with Gasteiger partial charge in [0.15, 0.2) is 11.5 Å². The average Bonchev–Trinajstić information content (AvgIpc) is 3.05. The summed E-state index contributed by atoms with van der Waals surface area (Å²) in [5.41, 5.74) is 2.36. The number of anilines is 1. The normalized spacial score (nSPS) is 15.5. The quantitative estimate of drug-likeness (QED) is 0.544. The maximum Gasteiger partial charge on any atom is 0.332 e. The van der Waals surface area contributed by atoms with Gasteiger partial charge in [0.2, 0.25) is 5.65 Å². The predicted molar refractivity (Wildman–Crippen MR) is 98.2 cm³/mol. The Morgan fingerprint density at radius 2 is 2.15 bits per heavy atom. The average molecular weight is 424 g/mol. The minimum atomic E-state index is -1.23. The molecule has 4 heterocycles. The molecule has 26 heavy (non-hydrogen) atoms. The number of carboxylic acids is 1. The summed E-state index contributed by atoms with van der Waals surface area (Å²) >= 11 is 3.43. The zero-order valence-corrected chi connectivity index (χ0v) is 15.8. The number of aliphatic hydroxyl groups is 1. The molecule has 0 aliphatic carbocycles. The Morgan fingerprint density at radius 1 is 1.46 bits per heavy atom. The number of likely N-dealkylation sites (N-methyl/N-ethyl adjacent to an activating group) is 1. The molecule has 0 aromatic carbocycles. The van der Waals surface area contributed by atoms with Crippen molar-refractivity contribution < 1.29 is 15.0 Å². The van der Waals surface area contributed by atoms with Crippen molar-refractivity contribution >= 4 is 44.5 Å². The summed E-state index contributed by atoms with van der Waals surface area (Å²) in [6.07, 6.45) is 2.22. The Hall–Kier alpha value is -2.37. The van der Waals surface area contributed by atoms with Gasteiger partial charge >= 0.3 is 5.97 Å². The van der Waals surface area contributed by atoms with Crippen LogP contribution in [0.5, 0.6) is 0 Å². The molecule has 1 atom stereocenters. The third-order valence-corrected chi connectivity index (χ3v) is 4.41. The number of carboxylic acid groups (broad SMARTS) is 1. The number of fused-ring (bicyclic) bond motifs is 3. The number of rotatable bonds is 3. The Kier molecular flexibility index (Phi) is 5.30. The van der Waals surface area contributed by atoms with Crippen LogP contribution in [0.1, 0.15) is 6.92 Å². The molecular formula is C15H18BrN7O3. The summed E-state index contributed by atoms with van der Waals surface area (Å²) in [5.74, 6) is -0.341. The van der Waals surface area contributed by atoms with Gasteiger partial charge in [-0.1, -0.05) is 0 Å². The second-order valence-corrected chi connectivity index (χ2v) is 6.78. The molecule has 0 amide bonds. The van der Waals surface area contributed by atoms with Gasteiger partial charge in [-0.05, 0) is 36.0 Å². The molecule has 3 aromatic heterocycles. The van der Waals surface area contributed by atoms with Crippen molar-refractivity contribution in [2.45, 2.75) is 19.1 Å². The van der Waals surface area contributed by atoms with Crippen molar-refractivity contribution in [3.63, 3.8) is 0 Å². The van der Waals surface area contributed by atoms with Crippen LogP contribution in [0.4, 0.5) is 5.82 Å². The molecule has 0 radical (unpaired) electrons. The number of aliphatic hydroxyl groups excluding tert-OH is 1. The van der Waals surface area contributed by atoms with E-state index in [-0.39, 0.29) is 0 Å². The van der Waals surface area contributed by atoms with Gasteiger partial charge in [0.05, 0.1) is 5.52 Å². The van der Waals surface area contributed by atoms with Gasteiger partial charge in [0.25, 0.3) is 0 Å². The summed E-state index contributed by atoms with van der Waals surface area (Å²) in [7, 11) is 1.97. The van der Waals surface area contributed by atoms with Gasteiger partial charge in [0.1, 0.15) is 12.4 Å². The van der Waals surface area contributed by atoms with Crippen LogP contribution in [0, 0.1) is 0 Å². The Balaban J connectivity index is 0.000000286. The van der Waals surface area contributed by atoms with Crippen LogP contribution in [-0.2, 0) is 4.79 Å². The number of hydrogen-bond acceptors (Lipinski definition) is 8. The van der Waals surface area contributed by atoms with Gasteiger partial charge in [0, 0.05) is 29.8 Å². The Labute approximate surface area is 157 Å². The molecule has 4 rings (SSSR count). The number of carbonyl (C=O) groups is 1. The monoisotopic (exact) mass is 423 g/mol. The van der Waals surface area contributed by atoms with Crippen molar-refractivity contribution in [3.8, 4) is 0 Å². The molecular weight excluding hydrogens is 406 g/mol. The smallest absolute Gasteiger partial charge is 0.332 e. The first-order valence-corrected chi connectivity index (χ1v) is 8.68. The highest BCUT2D eigenvalue weighted by Gasteiger charge is 2.29. The molecule has 1 fully saturated rings. The molecule has 138 valence electrons. The third kappa shape index (κ3) is 3.59. The summed E-state index contributed by atoms with van der Waals surface area (Å²) in [5, 5.41) is 27.2. The lowest BCUT2D eigenvalue weighted by atomic mass is 10.1. The van der Waals surface area contributed by atoms with Crippen molar-refractivity contribution in [2.75, 3.05) is 25.0 Å². The Morgan fingerprint density at radius 3 is 2.77 bits per heavy atom. The van der Waals surface area contributed by atoms with E-state index in [1.54, 1.807) is 12.5 Å². The molecule has 0 bridgehead atoms. The Bertz CT molecular complexity index is 940. The van der Waals surface area contributed by atoms with Crippen LogP contribution in [0.15, 0.2) is 23.1 Å². The van der Waals surface area contributed by atoms with E-state index in [2.05, 4.69) is 46.3 Å². The molecule has 1 saturated heterocycles. The van der Waals surface area contributed by atoms with E-state index in [9.17, 15) is 4.79 Å². The highest BCUT2D eigenvalue weighted by molar-refractivity contribution is 9.10. The van der Waals surface area contributed by atoms with E-state index in [1.807, 2.05) is 17.5 Å². The molecule has 1 aliphatic heterocycles. The summed E-state index contributed by atoms with van der Waals surface area (Å²) < 4.78 is 2.84.